The predicted molar refractivity (Wildman–Crippen MR) is 94.1 cm³/mol. The van der Waals surface area contributed by atoms with E-state index in [1.165, 1.54) is 7.11 Å². The van der Waals surface area contributed by atoms with Crippen molar-refractivity contribution < 1.29 is 18.3 Å². The van der Waals surface area contributed by atoms with E-state index < -0.39 is 16.1 Å². The lowest BCUT2D eigenvalue weighted by Crippen LogP contribution is -2.29. The van der Waals surface area contributed by atoms with Crippen LogP contribution in [0.25, 0.3) is 0 Å². The van der Waals surface area contributed by atoms with E-state index in [1.807, 2.05) is 13.8 Å². The summed E-state index contributed by atoms with van der Waals surface area (Å²) >= 11 is 5.80. The monoisotopic (exact) mass is 369 g/mol. The molecule has 0 aromatic heterocycles. The Morgan fingerprint density at radius 2 is 1.75 bits per heavy atom. The van der Waals surface area contributed by atoms with Crippen molar-refractivity contribution in [2.75, 3.05) is 13.7 Å². The van der Waals surface area contributed by atoms with Crippen molar-refractivity contribution in [1.29, 1.82) is 0 Å². The number of halogens is 1. The Morgan fingerprint density at radius 3 is 2.33 bits per heavy atom. The fraction of sp³-hybridized carbons (Fsp3) is 0.294. The topological polar surface area (TPSA) is 75.6 Å². The molecule has 7 heteroatoms. The third-order valence-corrected chi connectivity index (χ3v) is 5.49. The van der Waals surface area contributed by atoms with Crippen molar-refractivity contribution >= 4 is 21.6 Å². The maximum Gasteiger partial charge on any atom is 0.244 e. The first-order chi connectivity index (χ1) is 11.2. The molecule has 0 amide bonds. The summed E-state index contributed by atoms with van der Waals surface area (Å²) < 4.78 is 32.7. The standard InChI is InChI=1S/C17H20ClNO4S/c1-11-8-16(23-3)17(9-12(11)2)24(21,22)19-10-15(20)13-4-6-14(18)7-5-13/h4-9,15,19-20H,10H2,1-3H3. The van der Waals surface area contributed by atoms with Gasteiger partial charge >= 0.3 is 0 Å². The van der Waals surface area contributed by atoms with Crippen LogP contribution in [0.4, 0.5) is 0 Å². The van der Waals surface area contributed by atoms with E-state index in [0.29, 0.717) is 10.6 Å². The molecule has 2 aromatic rings. The van der Waals surface area contributed by atoms with Crippen LogP contribution in [0.1, 0.15) is 22.8 Å². The second-order valence-corrected chi connectivity index (χ2v) is 7.68. The summed E-state index contributed by atoms with van der Waals surface area (Å²) in [7, 11) is -2.39. The van der Waals surface area contributed by atoms with Crippen molar-refractivity contribution in [2.24, 2.45) is 0 Å². The Bertz CT molecular complexity index is 819. The number of benzene rings is 2. The third kappa shape index (κ3) is 4.27. The molecule has 0 fully saturated rings. The van der Waals surface area contributed by atoms with E-state index in [-0.39, 0.29) is 17.2 Å². The van der Waals surface area contributed by atoms with Gasteiger partial charge in [-0.1, -0.05) is 23.7 Å². The summed E-state index contributed by atoms with van der Waals surface area (Å²) in [5, 5.41) is 10.7. The normalized spacial score (nSPS) is 12.9. The number of rotatable bonds is 6. The molecular formula is C17H20ClNO4S. The first-order valence-corrected chi connectivity index (χ1v) is 9.19. The van der Waals surface area contributed by atoms with E-state index in [0.717, 1.165) is 11.1 Å². The van der Waals surface area contributed by atoms with Gasteiger partial charge in [0.2, 0.25) is 10.0 Å². The van der Waals surface area contributed by atoms with E-state index in [9.17, 15) is 13.5 Å². The van der Waals surface area contributed by atoms with Crippen LogP contribution in [0.2, 0.25) is 5.02 Å². The van der Waals surface area contributed by atoms with Crippen molar-refractivity contribution in [3.8, 4) is 5.75 Å². The summed E-state index contributed by atoms with van der Waals surface area (Å²) in [4.78, 5) is 0.0522. The van der Waals surface area contributed by atoms with E-state index >= 15 is 0 Å². The highest BCUT2D eigenvalue weighted by Gasteiger charge is 2.22. The molecule has 2 aromatic carbocycles. The van der Waals surface area contributed by atoms with Crippen LogP contribution in [0, 0.1) is 13.8 Å². The van der Waals surface area contributed by atoms with E-state index in [2.05, 4.69) is 4.72 Å². The van der Waals surface area contributed by atoms with Crippen molar-refractivity contribution in [3.63, 3.8) is 0 Å². The first-order valence-electron chi connectivity index (χ1n) is 7.33. The molecule has 2 N–H and O–H groups in total. The second-order valence-electron chi connectivity index (χ2n) is 5.51. The Balaban J connectivity index is 2.19. The Labute approximate surface area is 147 Å². The molecule has 130 valence electrons. The molecule has 0 heterocycles. The molecular weight excluding hydrogens is 350 g/mol. The maximum atomic E-state index is 12.5. The number of nitrogens with one attached hydrogen (secondary N) is 1. The van der Waals surface area contributed by atoms with Gasteiger partial charge in [-0.3, -0.25) is 0 Å². The molecule has 0 bridgehead atoms. The first kappa shape index (κ1) is 18.7. The Morgan fingerprint density at radius 1 is 1.17 bits per heavy atom. The summed E-state index contributed by atoms with van der Waals surface area (Å²) in [6, 6.07) is 9.82. The molecule has 2 rings (SSSR count). The summed E-state index contributed by atoms with van der Waals surface area (Å²) in [5.41, 5.74) is 2.36. The molecule has 24 heavy (non-hydrogen) atoms. The van der Waals surface area contributed by atoms with Gasteiger partial charge in [-0.15, -0.1) is 0 Å². The minimum absolute atomic E-state index is 0.0522. The smallest absolute Gasteiger partial charge is 0.244 e. The van der Waals surface area contributed by atoms with Crippen LogP contribution in [-0.4, -0.2) is 27.2 Å². The minimum atomic E-state index is -3.81. The van der Waals surface area contributed by atoms with Crippen LogP contribution in [-0.2, 0) is 10.0 Å². The van der Waals surface area contributed by atoms with E-state index in [1.54, 1.807) is 36.4 Å². The largest absolute Gasteiger partial charge is 0.495 e. The quantitative estimate of drug-likeness (QED) is 0.820. The lowest BCUT2D eigenvalue weighted by atomic mass is 10.1. The molecule has 5 nitrogen and oxygen atoms in total. The molecule has 1 atom stereocenters. The predicted octanol–water partition coefficient (Wildman–Crippen LogP) is 2.98. The van der Waals surface area contributed by atoms with Gasteiger partial charge in [-0.2, -0.15) is 0 Å². The minimum Gasteiger partial charge on any atom is -0.495 e. The number of hydrogen-bond donors (Lipinski definition) is 2. The fourth-order valence-electron chi connectivity index (χ4n) is 2.20. The molecule has 0 radical (unpaired) electrons. The van der Waals surface area contributed by atoms with Gasteiger partial charge < -0.3 is 9.84 Å². The van der Waals surface area contributed by atoms with Gasteiger partial charge in [-0.25, -0.2) is 13.1 Å². The van der Waals surface area contributed by atoms with Crippen molar-refractivity contribution in [1.82, 2.24) is 4.72 Å². The van der Waals surface area contributed by atoms with Crippen LogP contribution < -0.4 is 9.46 Å². The molecule has 0 saturated heterocycles. The van der Waals surface area contributed by atoms with Crippen LogP contribution in [0.3, 0.4) is 0 Å². The Hall–Kier alpha value is -1.60. The van der Waals surface area contributed by atoms with Gasteiger partial charge in [0.25, 0.3) is 0 Å². The molecule has 0 aliphatic heterocycles. The zero-order valence-corrected chi connectivity index (χ0v) is 15.3. The highest BCUT2D eigenvalue weighted by atomic mass is 35.5. The van der Waals surface area contributed by atoms with Gasteiger partial charge in [0, 0.05) is 11.6 Å². The maximum absolute atomic E-state index is 12.5. The van der Waals surface area contributed by atoms with Crippen LogP contribution in [0.15, 0.2) is 41.3 Å². The van der Waals surface area contributed by atoms with Crippen molar-refractivity contribution in [2.45, 2.75) is 24.8 Å². The lowest BCUT2D eigenvalue weighted by Gasteiger charge is -2.15. The van der Waals surface area contributed by atoms with Gasteiger partial charge in [0.05, 0.1) is 13.2 Å². The fourth-order valence-corrected chi connectivity index (χ4v) is 3.60. The average molecular weight is 370 g/mol. The van der Waals surface area contributed by atoms with Gasteiger partial charge in [-0.05, 0) is 54.8 Å². The molecule has 0 aliphatic rings. The number of sulfonamides is 1. The SMILES string of the molecule is COc1cc(C)c(C)cc1S(=O)(=O)NCC(O)c1ccc(Cl)cc1. The molecule has 0 aliphatic carbocycles. The summed E-state index contributed by atoms with van der Waals surface area (Å²) in [5.74, 6) is 0.270. The zero-order valence-electron chi connectivity index (χ0n) is 13.7. The van der Waals surface area contributed by atoms with Crippen LogP contribution in [0.5, 0.6) is 5.75 Å². The van der Waals surface area contributed by atoms with Gasteiger partial charge in [0.15, 0.2) is 0 Å². The lowest BCUT2D eigenvalue weighted by molar-refractivity contribution is 0.182. The number of methoxy groups -OCH3 is 1. The summed E-state index contributed by atoms with van der Waals surface area (Å²) in [6.45, 7) is 3.56. The number of aryl methyl sites for hydroxylation is 2. The average Bonchev–Trinajstić information content (AvgIpc) is 2.55. The molecule has 1 unspecified atom stereocenters. The highest BCUT2D eigenvalue weighted by molar-refractivity contribution is 7.89. The zero-order chi connectivity index (χ0) is 17.9. The molecule has 0 saturated carbocycles. The summed E-state index contributed by atoms with van der Waals surface area (Å²) in [6.07, 6.45) is -0.977. The second kappa shape index (κ2) is 7.53. The highest BCUT2D eigenvalue weighted by Crippen LogP contribution is 2.27. The number of aliphatic hydroxyl groups is 1. The van der Waals surface area contributed by atoms with Crippen LogP contribution >= 0.6 is 11.6 Å². The number of hydrogen-bond acceptors (Lipinski definition) is 4. The molecule has 0 spiro atoms. The van der Waals surface area contributed by atoms with Gasteiger partial charge in [0.1, 0.15) is 10.6 Å². The Kier molecular flexibility index (Phi) is 5.87. The van der Waals surface area contributed by atoms with E-state index in [4.69, 9.17) is 16.3 Å². The number of ether oxygens (including phenoxy) is 1. The number of aliphatic hydroxyl groups excluding tert-OH is 1. The third-order valence-electron chi connectivity index (χ3n) is 3.79. The van der Waals surface area contributed by atoms with Crippen molar-refractivity contribution in [3.05, 3.63) is 58.1 Å².